The minimum absolute atomic E-state index is 0.0216. The van der Waals surface area contributed by atoms with Gasteiger partial charge < -0.3 is 14.4 Å². The first-order chi connectivity index (χ1) is 8.90. The summed E-state index contributed by atoms with van der Waals surface area (Å²) in [6, 6.07) is 0. The number of nitrogens with one attached hydrogen (secondary N) is 1. The SMILES string of the molecule is CCC(C)(C)C(=O)NC[N+](C)(C)CCCCS(=O)(=O)[O-]. The molecule has 1 N–H and O–H groups in total. The third-order valence-electron chi connectivity index (χ3n) is 3.57. The summed E-state index contributed by atoms with van der Waals surface area (Å²) in [5.41, 5.74) is -0.378. The van der Waals surface area contributed by atoms with Gasteiger partial charge in [-0.2, -0.15) is 0 Å². The predicted molar refractivity (Wildman–Crippen MR) is 77.9 cm³/mol. The number of hydrogen-bond acceptors (Lipinski definition) is 4. The first-order valence-electron chi connectivity index (χ1n) is 6.93. The minimum Gasteiger partial charge on any atom is -0.748 e. The van der Waals surface area contributed by atoms with Crippen molar-refractivity contribution >= 4 is 16.0 Å². The van der Waals surface area contributed by atoms with E-state index in [1.807, 2.05) is 34.9 Å². The van der Waals surface area contributed by atoms with Gasteiger partial charge in [-0.05, 0) is 19.3 Å². The van der Waals surface area contributed by atoms with Gasteiger partial charge in [0.15, 0.2) is 6.67 Å². The van der Waals surface area contributed by atoms with Gasteiger partial charge in [-0.1, -0.05) is 20.8 Å². The Bertz CT molecular complexity index is 416. The monoisotopic (exact) mass is 308 g/mol. The van der Waals surface area contributed by atoms with E-state index in [2.05, 4.69) is 5.32 Å². The van der Waals surface area contributed by atoms with Crippen molar-refractivity contribution in [2.24, 2.45) is 5.41 Å². The summed E-state index contributed by atoms with van der Waals surface area (Å²) in [7, 11) is -0.191. The minimum atomic E-state index is -4.12. The molecule has 0 atom stereocenters. The number of unbranched alkanes of at least 4 members (excludes halogenated alkanes) is 1. The molecule has 20 heavy (non-hydrogen) atoms. The standard InChI is InChI=1S/C13H28N2O4S/c1-6-13(2,3)12(16)14-11-15(4,5)9-7-8-10-20(17,18)19/h6-11H2,1-5H3,(H-,14,16,17,18,19). The van der Waals surface area contributed by atoms with Gasteiger partial charge in [0.05, 0.1) is 30.8 Å². The molecule has 0 aromatic rings. The second-order valence-electron chi connectivity index (χ2n) is 6.53. The maximum Gasteiger partial charge on any atom is 0.229 e. The zero-order valence-electron chi connectivity index (χ0n) is 13.2. The average molecular weight is 308 g/mol. The van der Waals surface area contributed by atoms with E-state index in [0.29, 0.717) is 30.5 Å². The van der Waals surface area contributed by atoms with Crippen molar-refractivity contribution in [1.82, 2.24) is 5.32 Å². The van der Waals surface area contributed by atoms with Crippen LogP contribution in [-0.4, -0.2) is 56.4 Å². The van der Waals surface area contributed by atoms with Gasteiger partial charge in [0.2, 0.25) is 5.91 Å². The van der Waals surface area contributed by atoms with Crippen LogP contribution in [0.2, 0.25) is 0 Å². The molecule has 1 amide bonds. The van der Waals surface area contributed by atoms with Crippen molar-refractivity contribution in [3.63, 3.8) is 0 Å². The van der Waals surface area contributed by atoms with E-state index in [-0.39, 0.29) is 17.1 Å². The molecule has 0 aliphatic carbocycles. The molecule has 0 aliphatic heterocycles. The van der Waals surface area contributed by atoms with Crippen LogP contribution in [0.15, 0.2) is 0 Å². The number of amides is 1. The summed E-state index contributed by atoms with van der Waals surface area (Å²) in [6.45, 7) is 6.99. The van der Waals surface area contributed by atoms with Crippen molar-refractivity contribution in [2.75, 3.05) is 33.1 Å². The molecule has 120 valence electrons. The predicted octanol–water partition coefficient (Wildman–Crippen LogP) is 0.898. The van der Waals surface area contributed by atoms with Gasteiger partial charge in [0.25, 0.3) is 0 Å². The maximum atomic E-state index is 12.0. The quantitative estimate of drug-likeness (QED) is 0.297. The Kier molecular flexibility index (Phi) is 7.13. The molecule has 7 heteroatoms. The molecule has 0 rings (SSSR count). The van der Waals surface area contributed by atoms with Crippen LogP contribution in [0.25, 0.3) is 0 Å². The van der Waals surface area contributed by atoms with E-state index in [9.17, 15) is 17.8 Å². The number of carbonyl (C=O) groups is 1. The highest BCUT2D eigenvalue weighted by atomic mass is 32.2. The molecule has 0 bridgehead atoms. The van der Waals surface area contributed by atoms with Crippen molar-refractivity contribution < 1.29 is 22.2 Å². The summed E-state index contributed by atoms with van der Waals surface area (Å²) in [6.07, 6.45) is 1.77. The molecule has 0 radical (unpaired) electrons. The molecule has 0 saturated carbocycles. The fraction of sp³-hybridized carbons (Fsp3) is 0.923. The summed E-state index contributed by atoms with van der Waals surface area (Å²) < 4.78 is 32.0. The molecule has 6 nitrogen and oxygen atoms in total. The Morgan fingerprint density at radius 1 is 1.25 bits per heavy atom. The number of carbonyl (C=O) groups excluding carboxylic acids is 1. The van der Waals surface area contributed by atoms with Gasteiger partial charge in [-0.25, -0.2) is 8.42 Å². The Morgan fingerprint density at radius 2 is 1.80 bits per heavy atom. The zero-order chi connectivity index (χ0) is 16.0. The molecule has 0 heterocycles. The van der Waals surface area contributed by atoms with Crippen LogP contribution in [0.5, 0.6) is 0 Å². The van der Waals surface area contributed by atoms with Crippen LogP contribution in [0.3, 0.4) is 0 Å². The molecule has 0 aliphatic rings. The lowest BCUT2D eigenvalue weighted by Crippen LogP contribution is -2.51. The molecular weight excluding hydrogens is 280 g/mol. The third kappa shape index (κ3) is 8.50. The number of nitrogens with zero attached hydrogens (tertiary/aromatic N) is 1. The Hall–Kier alpha value is -0.660. The van der Waals surface area contributed by atoms with Crippen LogP contribution >= 0.6 is 0 Å². The molecule has 0 saturated heterocycles. The topological polar surface area (TPSA) is 86.3 Å². The van der Waals surface area contributed by atoms with E-state index in [0.717, 1.165) is 6.42 Å². The highest BCUT2D eigenvalue weighted by Gasteiger charge is 2.27. The van der Waals surface area contributed by atoms with E-state index in [1.165, 1.54) is 0 Å². The fourth-order valence-corrected chi connectivity index (χ4v) is 2.14. The van der Waals surface area contributed by atoms with Crippen molar-refractivity contribution in [1.29, 1.82) is 0 Å². The van der Waals surface area contributed by atoms with E-state index in [4.69, 9.17) is 0 Å². The van der Waals surface area contributed by atoms with Gasteiger partial charge in [0.1, 0.15) is 0 Å². The van der Waals surface area contributed by atoms with Gasteiger partial charge >= 0.3 is 0 Å². The van der Waals surface area contributed by atoms with Crippen LogP contribution in [0.1, 0.15) is 40.0 Å². The van der Waals surface area contributed by atoms with Gasteiger partial charge in [-0.3, -0.25) is 4.79 Å². The Labute approximate surface area is 122 Å². The maximum absolute atomic E-state index is 12.0. The van der Waals surface area contributed by atoms with E-state index in [1.54, 1.807) is 0 Å². The number of hydrogen-bond donors (Lipinski definition) is 1. The Morgan fingerprint density at radius 3 is 2.25 bits per heavy atom. The van der Waals surface area contributed by atoms with Crippen molar-refractivity contribution in [2.45, 2.75) is 40.0 Å². The first kappa shape index (κ1) is 19.3. The van der Waals surface area contributed by atoms with Gasteiger partial charge in [-0.15, -0.1) is 0 Å². The molecular formula is C13H28N2O4S. The summed E-state index contributed by atoms with van der Waals surface area (Å²) in [4.78, 5) is 12.0. The second-order valence-corrected chi connectivity index (χ2v) is 8.05. The molecule has 0 aromatic heterocycles. The number of rotatable bonds is 9. The van der Waals surface area contributed by atoms with Crippen molar-refractivity contribution in [3.05, 3.63) is 0 Å². The fourth-order valence-electron chi connectivity index (χ4n) is 1.58. The molecule has 0 fully saturated rings. The zero-order valence-corrected chi connectivity index (χ0v) is 14.0. The number of quaternary nitrogens is 1. The summed E-state index contributed by atoms with van der Waals surface area (Å²) >= 11 is 0. The van der Waals surface area contributed by atoms with Crippen LogP contribution < -0.4 is 5.32 Å². The highest BCUT2D eigenvalue weighted by Crippen LogP contribution is 2.19. The van der Waals surface area contributed by atoms with Crippen LogP contribution in [0, 0.1) is 5.41 Å². The highest BCUT2D eigenvalue weighted by molar-refractivity contribution is 7.85. The third-order valence-corrected chi connectivity index (χ3v) is 4.36. The normalized spacial score (nSPS) is 13.3. The summed E-state index contributed by atoms with van der Waals surface area (Å²) in [5.74, 6) is -0.296. The smallest absolute Gasteiger partial charge is 0.229 e. The van der Waals surface area contributed by atoms with Gasteiger partial charge in [0, 0.05) is 11.2 Å². The largest absolute Gasteiger partial charge is 0.748 e. The lowest BCUT2D eigenvalue weighted by Gasteiger charge is -2.31. The van der Waals surface area contributed by atoms with Crippen LogP contribution in [-0.2, 0) is 14.9 Å². The summed E-state index contributed by atoms with van der Waals surface area (Å²) in [5, 5.41) is 2.92. The van der Waals surface area contributed by atoms with E-state index < -0.39 is 10.1 Å². The van der Waals surface area contributed by atoms with Crippen LogP contribution in [0.4, 0.5) is 0 Å². The van der Waals surface area contributed by atoms with Crippen molar-refractivity contribution in [3.8, 4) is 0 Å². The molecule has 0 aromatic carbocycles. The molecule has 0 spiro atoms. The lowest BCUT2D eigenvalue weighted by molar-refractivity contribution is -0.892. The second kappa shape index (κ2) is 7.38. The molecule has 0 unspecified atom stereocenters. The lowest BCUT2D eigenvalue weighted by atomic mass is 9.89. The van der Waals surface area contributed by atoms with E-state index >= 15 is 0 Å². The first-order valence-corrected chi connectivity index (χ1v) is 8.51. The average Bonchev–Trinajstić information content (AvgIpc) is 2.30. The Balaban J connectivity index is 4.11.